The van der Waals surface area contributed by atoms with Crippen LogP contribution in [0.5, 0.6) is 0 Å². The van der Waals surface area contributed by atoms with Gasteiger partial charge in [-0.3, -0.25) is 4.79 Å². The fraction of sp³-hybridized carbons (Fsp3) is 0.583. The Morgan fingerprint density at radius 1 is 1.56 bits per heavy atom. The highest BCUT2D eigenvalue weighted by molar-refractivity contribution is 7.10. The number of nitrogens with one attached hydrogen (secondary N) is 2. The summed E-state index contributed by atoms with van der Waals surface area (Å²) in [6.45, 7) is 5.01. The van der Waals surface area contributed by atoms with Crippen molar-refractivity contribution in [3.05, 3.63) is 16.3 Å². The van der Waals surface area contributed by atoms with Crippen molar-refractivity contribution in [2.75, 3.05) is 31.7 Å². The molecule has 1 fully saturated rings. The van der Waals surface area contributed by atoms with Gasteiger partial charge in [0.05, 0.1) is 31.6 Å². The van der Waals surface area contributed by atoms with Crippen LogP contribution in [0.1, 0.15) is 11.8 Å². The van der Waals surface area contributed by atoms with E-state index in [2.05, 4.69) is 10.6 Å². The smallest absolute Gasteiger partial charge is 0.221 e. The minimum Gasteiger partial charge on any atom is -0.376 e. The third kappa shape index (κ3) is 4.06. The van der Waals surface area contributed by atoms with Gasteiger partial charge < -0.3 is 20.1 Å². The summed E-state index contributed by atoms with van der Waals surface area (Å²) in [7, 11) is 0. The zero-order valence-electron chi connectivity index (χ0n) is 10.4. The highest BCUT2D eigenvalue weighted by Gasteiger charge is 2.14. The lowest BCUT2D eigenvalue weighted by Crippen LogP contribution is -2.37. The molecule has 2 heterocycles. The molecule has 1 saturated heterocycles. The van der Waals surface area contributed by atoms with E-state index in [1.165, 1.54) is 6.92 Å². The van der Waals surface area contributed by atoms with Crippen LogP contribution in [0.4, 0.5) is 5.69 Å². The first-order chi connectivity index (χ1) is 8.75. The van der Waals surface area contributed by atoms with Crippen molar-refractivity contribution < 1.29 is 14.3 Å². The van der Waals surface area contributed by atoms with Gasteiger partial charge in [0.2, 0.25) is 5.91 Å². The van der Waals surface area contributed by atoms with Gasteiger partial charge in [-0.1, -0.05) is 0 Å². The maximum Gasteiger partial charge on any atom is 0.221 e. The summed E-state index contributed by atoms with van der Waals surface area (Å²) in [5.41, 5.74) is 0.890. The molecule has 0 aromatic carbocycles. The largest absolute Gasteiger partial charge is 0.376 e. The molecule has 1 aromatic heterocycles. The van der Waals surface area contributed by atoms with E-state index in [1.54, 1.807) is 11.3 Å². The Labute approximate surface area is 110 Å². The summed E-state index contributed by atoms with van der Waals surface area (Å²) in [5.74, 6) is -0.0429. The average Bonchev–Trinajstić information content (AvgIpc) is 2.77. The molecule has 1 aliphatic rings. The predicted molar refractivity (Wildman–Crippen MR) is 70.9 cm³/mol. The Balaban J connectivity index is 1.75. The minimum atomic E-state index is -0.0429. The third-order valence-electron chi connectivity index (χ3n) is 2.60. The number of thiophene rings is 1. The van der Waals surface area contributed by atoms with Crippen molar-refractivity contribution in [1.29, 1.82) is 0 Å². The summed E-state index contributed by atoms with van der Waals surface area (Å²) >= 11 is 1.63. The summed E-state index contributed by atoms with van der Waals surface area (Å²) in [5, 5.41) is 8.12. The van der Waals surface area contributed by atoms with Crippen LogP contribution in [-0.2, 0) is 20.8 Å². The third-order valence-corrected chi connectivity index (χ3v) is 3.52. The highest BCUT2D eigenvalue weighted by atomic mass is 32.1. The number of anilines is 1. The van der Waals surface area contributed by atoms with Crippen LogP contribution in [0.25, 0.3) is 0 Å². The topological polar surface area (TPSA) is 59.6 Å². The number of amides is 1. The molecule has 1 aliphatic heterocycles. The quantitative estimate of drug-likeness (QED) is 0.844. The lowest BCUT2D eigenvalue weighted by molar-refractivity contribution is -0.114. The molecule has 1 atom stereocenters. The molecule has 0 bridgehead atoms. The Kier molecular flexibility index (Phi) is 5.12. The molecule has 5 nitrogen and oxygen atoms in total. The maximum absolute atomic E-state index is 11.0. The minimum absolute atomic E-state index is 0.0429. The standard InChI is InChI=1S/C12H18N2O3S/c1-9(15)14-11-2-5-18-12(11)7-13-6-10-8-16-3-4-17-10/h2,5,10,13H,3-4,6-8H2,1H3,(H,14,15). The fourth-order valence-electron chi connectivity index (χ4n) is 1.78. The lowest BCUT2D eigenvalue weighted by atomic mass is 10.3. The molecule has 1 amide bonds. The van der Waals surface area contributed by atoms with Gasteiger partial charge in [0.15, 0.2) is 0 Å². The van der Waals surface area contributed by atoms with Crippen LogP contribution in [0.3, 0.4) is 0 Å². The van der Waals surface area contributed by atoms with Crippen molar-refractivity contribution in [3.8, 4) is 0 Å². The van der Waals surface area contributed by atoms with Gasteiger partial charge >= 0.3 is 0 Å². The second-order valence-electron chi connectivity index (χ2n) is 4.14. The van der Waals surface area contributed by atoms with Crippen LogP contribution in [0, 0.1) is 0 Å². The predicted octanol–water partition coefficient (Wildman–Crippen LogP) is 1.21. The molecule has 2 N–H and O–H groups in total. The molecule has 100 valence electrons. The fourth-order valence-corrected chi connectivity index (χ4v) is 2.58. The number of carbonyl (C=O) groups excluding carboxylic acids is 1. The van der Waals surface area contributed by atoms with E-state index in [0.29, 0.717) is 19.8 Å². The highest BCUT2D eigenvalue weighted by Crippen LogP contribution is 2.21. The molecule has 1 aromatic rings. The Morgan fingerprint density at radius 2 is 2.44 bits per heavy atom. The number of hydrogen-bond acceptors (Lipinski definition) is 5. The second-order valence-corrected chi connectivity index (χ2v) is 5.14. The Hall–Kier alpha value is -0.950. The van der Waals surface area contributed by atoms with Crippen molar-refractivity contribution in [3.63, 3.8) is 0 Å². The van der Waals surface area contributed by atoms with Crippen molar-refractivity contribution in [2.24, 2.45) is 0 Å². The second kappa shape index (κ2) is 6.84. The zero-order valence-corrected chi connectivity index (χ0v) is 11.2. The van der Waals surface area contributed by atoms with Crippen LogP contribution < -0.4 is 10.6 Å². The van der Waals surface area contributed by atoms with E-state index in [9.17, 15) is 4.79 Å². The van der Waals surface area contributed by atoms with Crippen LogP contribution in [0.2, 0.25) is 0 Å². The summed E-state index contributed by atoms with van der Waals surface area (Å²) in [6.07, 6.45) is 0.128. The number of ether oxygens (including phenoxy) is 2. The van der Waals surface area contributed by atoms with Crippen molar-refractivity contribution >= 4 is 22.9 Å². The van der Waals surface area contributed by atoms with Crippen LogP contribution >= 0.6 is 11.3 Å². The van der Waals surface area contributed by atoms with Gasteiger partial charge in [0.25, 0.3) is 0 Å². The maximum atomic E-state index is 11.0. The molecule has 0 radical (unpaired) electrons. The molecule has 2 rings (SSSR count). The molecule has 1 unspecified atom stereocenters. The molecule has 0 aliphatic carbocycles. The first-order valence-corrected chi connectivity index (χ1v) is 6.87. The molecule has 0 spiro atoms. The van der Waals surface area contributed by atoms with Crippen molar-refractivity contribution in [1.82, 2.24) is 5.32 Å². The SMILES string of the molecule is CC(=O)Nc1ccsc1CNCC1COCCO1. The van der Waals surface area contributed by atoms with Gasteiger partial charge in [-0.05, 0) is 11.4 Å². The summed E-state index contributed by atoms with van der Waals surface area (Å²) < 4.78 is 10.9. The monoisotopic (exact) mass is 270 g/mol. The molecule has 6 heteroatoms. The number of carbonyl (C=O) groups is 1. The van der Waals surface area contributed by atoms with E-state index in [4.69, 9.17) is 9.47 Å². The van der Waals surface area contributed by atoms with Gasteiger partial charge in [-0.2, -0.15) is 0 Å². The van der Waals surface area contributed by atoms with E-state index < -0.39 is 0 Å². The molecular weight excluding hydrogens is 252 g/mol. The molecular formula is C12H18N2O3S. The first-order valence-electron chi connectivity index (χ1n) is 5.99. The van der Waals surface area contributed by atoms with E-state index in [0.717, 1.165) is 23.7 Å². The summed E-state index contributed by atoms with van der Waals surface area (Å²) in [4.78, 5) is 12.1. The van der Waals surface area contributed by atoms with Gasteiger partial charge in [-0.25, -0.2) is 0 Å². The zero-order chi connectivity index (χ0) is 12.8. The van der Waals surface area contributed by atoms with E-state index in [-0.39, 0.29) is 12.0 Å². The van der Waals surface area contributed by atoms with Crippen molar-refractivity contribution in [2.45, 2.75) is 19.6 Å². The van der Waals surface area contributed by atoms with E-state index >= 15 is 0 Å². The van der Waals surface area contributed by atoms with Crippen LogP contribution in [-0.4, -0.2) is 38.4 Å². The number of rotatable bonds is 5. The lowest BCUT2D eigenvalue weighted by Gasteiger charge is -2.23. The van der Waals surface area contributed by atoms with Gasteiger partial charge in [0, 0.05) is 24.9 Å². The summed E-state index contributed by atoms with van der Waals surface area (Å²) in [6, 6.07) is 1.92. The van der Waals surface area contributed by atoms with Crippen LogP contribution in [0.15, 0.2) is 11.4 Å². The van der Waals surface area contributed by atoms with Gasteiger partial charge in [-0.15, -0.1) is 11.3 Å². The number of hydrogen-bond donors (Lipinski definition) is 2. The Morgan fingerprint density at radius 3 is 3.17 bits per heavy atom. The van der Waals surface area contributed by atoms with E-state index in [1.807, 2.05) is 11.4 Å². The Bertz CT molecular complexity index is 388. The first kappa shape index (κ1) is 13.5. The average molecular weight is 270 g/mol. The molecule has 0 saturated carbocycles. The molecule has 18 heavy (non-hydrogen) atoms. The van der Waals surface area contributed by atoms with Gasteiger partial charge in [0.1, 0.15) is 0 Å². The normalized spacial score (nSPS) is 19.7.